The van der Waals surface area contributed by atoms with Gasteiger partial charge in [0.25, 0.3) is 0 Å². The van der Waals surface area contributed by atoms with Crippen LogP contribution < -0.4 is 10.2 Å². The summed E-state index contributed by atoms with van der Waals surface area (Å²) in [6.07, 6.45) is 4.27. The second kappa shape index (κ2) is 7.86. The number of urea groups is 1. The van der Waals surface area contributed by atoms with Crippen LogP contribution in [-0.4, -0.2) is 37.7 Å². The standard InChI is InChI=1S/C18H17ClN4O3S2/c1-11-16(12-6-7-14(19)15(9-12)28(3,25)26)27-18(21-11)23(2)17(24)22-13-5-4-8-20-10-13/h4-10H,1-3H3,(H,22,24). The van der Waals surface area contributed by atoms with E-state index in [4.69, 9.17) is 11.6 Å². The summed E-state index contributed by atoms with van der Waals surface area (Å²) >= 11 is 7.31. The Balaban J connectivity index is 1.90. The van der Waals surface area contributed by atoms with Crippen LogP contribution in [0.25, 0.3) is 10.4 Å². The van der Waals surface area contributed by atoms with Crippen LogP contribution in [0.4, 0.5) is 15.6 Å². The van der Waals surface area contributed by atoms with E-state index >= 15 is 0 Å². The topological polar surface area (TPSA) is 92.3 Å². The predicted octanol–water partition coefficient (Wildman–Crippen LogP) is 4.24. The highest BCUT2D eigenvalue weighted by atomic mass is 35.5. The molecule has 2 heterocycles. The van der Waals surface area contributed by atoms with Crippen molar-refractivity contribution in [1.29, 1.82) is 0 Å². The Morgan fingerprint density at radius 3 is 2.68 bits per heavy atom. The zero-order chi connectivity index (χ0) is 20.5. The molecule has 1 aromatic carbocycles. The first kappa shape index (κ1) is 20.2. The van der Waals surface area contributed by atoms with Crippen LogP contribution in [0.2, 0.25) is 5.02 Å². The maximum atomic E-state index is 12.5. The number of amides is 2. The third kappa shape index (κ3) is 4.32. The third-order valence-electron chi connectivity index (χ3n) is 3.88. The fourth-order valence-corrected chi connectivity index (χ4v) is 4.78. The molecule has 3 aromatic rings. The predicted molar refractivity (Wildman–Crippen MR) is 112 cm³/mol. The maximum Gasteiger partial charge on any atom is 0.327 e. The summed E-state index contributed by atoms with van der Waals surface area (Å²) in [5, 5.41) is 3.38. The lowest BCUT2D eigenvalue weighted by Crippen LogP contribution is -2.31. The van der Waals surface area contributed by atoms with Gasteiger partial charge in [0.1, 0.15) is 0 Å². The summed E-state index contributed by atoms with van der Waals surface area (Å²) in [7, 11) is -1.85. The van der Waals surface area contributed by atoms with Crippen molar-refractivity contribution in [2.45, 2.75) is 11.8 Å². The number of anilines is 2. The van der Waals surface area contributed by atoms with E-state index in [0.717, 1.165) is 11.1 Å². The molecule has 0 aliphatic rings. The van der Waals surface area contributed by atoms with Crippen molar-refractivity contribution in [1.82, 2.24) is 9.97 Å². The molecule has 146 valence electrons. The Labute approximate surface area is 171 Å². The van der Waals surface area contributed by atoms with Crippen molar-refractivity contribution < 1.29 is 13.2 Å². The average molecular weight is 437 g/mol. The first-order valence-corrected chi connectivity index (χ1v) is 11.2. The number of carbonyl (C=O) groups excluding carboxylic acids is 1. The van der Waals surface area contributed by atoms with Crippen molar-refractivity contribution in [3.8, 4) is 10.4 Å². The number of carbonyl (C=O) groups is 1. The van der Waals surface area contributed by atoms with Crippen LogP contribution in [0.1, 0.15) is 5.69 Å². The highest BCUT2D eigenvalue weighted by Crippen LogP contribution is 2.36. The number of rotatable bonds is 4. The van der Waals surface area contributed by atoms with Gasteiger partial charge in [0.05, 0.1) is 32.4 Å². The molecule has 0 fully saturated rings. The maximum absolute atomic E-state index is 12.5. The minimum absolute atomic E-state index is 0.0590. The lowest BCUT2D eigenvalue weighted by molar-refractivity contribution is 0.258. The molecule has 0 saturated heterocycles. The molecule has 0 aliphatic heterocycles. The van der Waals surface area contributed by atoms with Gasteiger partial charge in [0.15, 0.2) is 15.0 Å². The summed E-state index contributed by atoms with van der Waals surface area (Å²) in [5.41, 5.74) is 1.93. The van der Waals surface area contributed by atoms with Crippen molar-refractivity contribution in [2.75, 3.05) is 23.5 Å². The number of hydrogen-bond acceptors (Lipinski definition) is 6. The average Bonchev–Trinajstić information content (AvgIpc) is 3.03. The van der Waals surface area contributed by atoms with E-state index in [0.29, 0.717) is 22.1 Å². The summed E-state index contributed by atoms with van der Waals surface area (Å²) < 4.78 is 23.9. The summed E-state index contributed by atoms with van der Waals surface area (Å²) in [4.78, 5) is 23.1. The number of pyridine rings is 1. The van der Waals surface area contributed by atoms with E-state index < -0.39 is 9.84 Å². The van der Waals surface area contributed by atoms with E-state index in [9.17, 15) is 13.2 Å². The van der Waals surface area contributed by atoms with Gasteiger partial charge in [-0.1, -0.05) is 29.0 Å². The number of halogens is 1. The van der Waals surface area contributed by atoms with E-state index in [1.54, 1.807) is 50.6 Å². The number of aryl methyl sites for hydroxylation is 1. The normalized spacial score (nSPS) is 11.3. The molecular formula is C18H17ClN4O3S2. The molecule has 0 spiro atoms. The first-order chi connectivity index (χ1) is 13.2. The summed E-state index contributed by atoms with van der Waals surface area (Å²) in [6.45, 7) is 1.80. The highest BCUT2D eigenvalue weighted by Gasteiger charge is 2.20. The Morgan fingerprint density at radius 1 is 1.29 bits per heavy atom. The Bertz CT molecular complexity index is 1130. The van der Waals surface area contributed by atoms with Crippen LogP contribution in [0.15, 0.2) is 47.6 Å². The van der Waals surface area contributed by atoms with Gasteiger partial charge in [-0.25, -0.2) is 18.2 Å². The molecular weight excluding hydrogens is 420 g/mol. The van der Waals surface area contributed by atoms with Gasteiger partial charge in [-0.2, -0.15) is 0 Å². The quantitative estimate of drug-likeness (QED) is 0.660. The van der Waals surface area contributed by atoms with Crippen LogP contribution >= 0.6 is 22.9 Å². The van der Waals surface area contributed by atoms with E-state index in [1.807, 2.05) is 0 Å². The van der Waals surface area contributed by atoms with Crippen LogP contribution in [0.5, 0.6) is 0 Å². The van der Waals surface area contributed by atoms with Crippen molar-refractivity contribution >= 4 is 49.6 Å². The van der Waals surface area contributed by atoms with Crippen LogP contribution in [0.3, 0.4) is 0 Å². The number of aromatic nitrogens is 2. The second-order valence-electron chi connectivity index (χ2n) is 6.06. The molecule has 3 rings (SSSR count). The van der Waals surface area contributed by atoms with Crippen molar-refractivity contribution in [2.24, 2.45) is 0 Å². The van der Waals surface area contributed by atoms with Crippen molar-refractivity contribution in [3.05, 3.63) is 53.4 Å². The zero-order valence-electron chi connectivity index (χ0n) is 15.3. The van der Waals surface area contributed by atoms with Gasteiger partial charge in [-0.15, -0.1) is 0 Å². The number of hydrogen-bond donors (Lipinski definition) is 1. The van der Waals surface area contributed by atoms with Gasteiger partial charge < -0.3 is 5.32 Å². The van der Waals surface area contributed by atoms with Crippen LogP contribution in [0, 0.1) is 6.92 Å². The van der Waals surface area contributed by atoms with Gasteiger partial charge in [0.2, 0.25) is 0 Å². The Kier molecular flexibility index (Phi) is 5.69. The fraction of sp³-hybridized carbons (Fsp3) is 0.167. The smallest absolute Gasteiger partial charge is 0.306 e. The minimum Gasteiger partial charge on any atom is -0.306 e. The number of nitrogens with one attached hydrogen (secondary N) is 1. The third-order valence-corrected chi connectivity index (χ3v) is 6.74. The number of thiazole rings is 1. The monoisotopic (exact) mass is 436 g/mol. The van der Waals surface area contributed by atoms with Crippen LogP contribution in [-0.2, 0) is 9.84 Å². The zero-order valence-corrected chi connectivity index (χ0v) is 17.7. The largest absolute Gasteiger partial charge is 0.327 e. The summed E-state index contributed by atoms with van der Waals surface area (Å²) in [5.74, 6) is 0. The number of sulfone groups is 1. The fourth-order valence-electron chi connectivity index (χ4n) is 2.45. The molecule has 7 nitrogen and oxygen atoms in total. The molecule has 2 amide bonds. The highest BCUT2D eigenvalue weighted by molar-refractivity contribution is 7.90. The van der Waals surface area contributed by atoms with Gasteiger partial charge in [-0.3, -0.25) is 9.88 Å². The molecule has 0 radical (unpaired) electrons. The molecule has 0 saturated carbocycles. The van der Waals surface area contributed by atoms with Gasteiger partial charge in [-0.05, 0) is 36.8 Å². The van der Waals surface area contributed by atoms with E-state index in [2.05, 4.69) is 15.3 Å². The lowest BCUT2D eigenvalue weighted by atomic mass is 10.2. The molecule has 0 aliphatic carbocycles. The van der Waals surface area contributed by atoms with E-state index in [-0.39, 0.29) is 15.9 Å². The molecule has 28 heavy (non-hydrogen) atoms. The molecule has 0 unspecified atom stereocenters. The lowest BCUT2D eigenvalue weighted by Gasteiger charge is -2.14. The first-order valence-electron chi connectivity index (χ1n) is 8.09. The molecule has 0 atom stereocenters. The molecule has 10 heteroatoms. The Morgan fingerprint density at radius 2 is 2.04 bits per heavy atom. The second-order valence-corrected chi connectivity index (χ2v) is 9.43. The van der Waals surface area contributed by atoms with Crippen molar-refractivity contribution in [3.63, 3.8) is 0 Å². The number of benzene rings is 1. The number of nitrogens with zero attached hydrogens (tertiary/aromatic N) is 3. The molecule has 2 aromatic heterocycles. The Hall–Kier alpha value is -2.49. The molecule has 0 bridgehead atoms. The molecule has 1 N–H and O–H groups in total. The van der Waals surface area contributed by atoms with E-state index in [1.165, 1.54) is 22.3 Å². The summed E-state index contributed by atoms with van der Waals surface area (Å²) in [6, 6.07) is 7.90. The van der Waals surface area contributed by atoms with Gasteiger partial charge in [0, 0.05) is 19.5 Å². The minimum atomic E-state index is -3.46. The van der Waals surface area contributed by atoms with Gasteiger partial charge >= 0.3 is 6.03 Å². The SMILES string of the molecule is Cc1nc(N(C)C(=O)Nc2cccnc2)sc1-c1ccc(Cl)c(S(C)(=O)=O)c1.